The van der Waals surface area contributed by atoms with Gasteiger partial charge in [-0.05, 0) is 79.5 Å². The van der Waals surface area contributed by atoms with Crippen LogP contribution in [-0.4, -0.2) is 78.3 Å². The van der Waals surface area contributed by atoms with Crippen LogP contribution in [0.25, 0.3) is 0 Å². The standard InChI is InChI=1S/C30H44F2N2O3/c1-26(2,3)10-11-34-16-18-12-20-21-14-23(31)22-13-19(35)8-9-27(22,4)30(21,32)24(36)15-28(20,5)29(18,17-34)25(37)33(6)7/h8-9,13,18,20-21,23-24,36H,10-12,14-17H2,1-7H3/t18-,20-,21-,23-,24-,27-,28-,29+,30-/m0/s1. The molecular weight excluding hydrogens is 474 g/mol. The number of alkyl halides is 2. The Balaban J connectivity index is 1.57. The Hall–Kier alpha value is -1.60. The van der Waals surface area contributed by atoms with Gasteiger partial charge >= 0.3 is 0 Å². The number of aliphatic hydroxyl groups excluding tert-OH is 1. The summed E-state index contributed by atoms with van der Waals surface area (Å²) in [6.45, 7) is 12.6. The second kappa shape index (κ2) is 8.20. The van der Waals surface area contributed by atoms with Crippen molar-refractivity contribution in [3.63, 3.8) is 0 Å². The van der Waals surface area contributed by atoms with E-state index in [9.17, 15) is 14.7 Å². The molecule has 5 rings (SSSR count). The SMILES string of the molecule is CN(C)C(=O)[C@@]12CN(CCC(C)(C)C)C[C@@H]1C[C@H]1[C@@H]3C[C@H](F)C4=CC(=O)C=C[C@]4(C)[C@@]3(F)[C@@H](O)C[C@@]12C. The summed E-state index contributed by atoms with van der Waals surface area (Å²) in [5, 5.41) is 11.7. The average Bonchev–Trinajstić information content (AvgIpc) is 3.27. The Bertz CT molecular complexity index is 1070. The third kappa shape index (κ3) is 3.44. The van der Waals surface area contributed by atoms with E-state index in [4.69, 9.17) is 0 Å². The molecule has 5 nitrogen and oxygen atoms in total. The van der Waals surface area contributed by atoms with Crippen LogP contribution < -0.4 is 0 Å². The molecule has 0 aromatic rings. The molecular formula is C30H44F2N2O3. The number of likely N-dealkylation sites (tertiary alicyclic amines) is 1. The van der Waals surface area contributed by atoms with Crippen molar-refractivity contribution in [2.75, 3.05) is 33.7 Å². The first-order chi connectivity index (χ1) is 17.0. The lowest BCUT2D eigenvalue weighted by Gasteiger charge is -2.63. The highest BCUT2D eigenvalue weighted by atomic mass is 19.1. The number of allylic oxidation sites excluding steroid dienone is 4. The van der Waals surface area contributed by atoms with Crippen molar-refractivity contribution in [3.8, 4) is 0 Å². The fourth-order valence-electron chi connectivity index (χ4n) is 9.29. The minimum atomic E-state index is -2.10. The molecule has 1 aliphatic heterocycles. The first-order valence-corrected chi connectivity index (χ1v) is 13.9. The number of halogens is 2. The topological polar surface area (TPSA) is 60.9 Å². The van der Waals surface area contributed by atoms with Gasteiger partial charge in [0.1, 0.15) is 6.17 Å². The predicted octanol–water partition coefficient (Wildman–Crippen LogP) is 4.36. The molecule has 7 heteroatoms. The number of hydrogen-bond donors (Lipinski definition) is 1. The van der Waals surface area contributed by atoms with Crippen LogP contribution in [0.4, 0.5) is 8.78 Å². The number of fused-ring (bicyclic) bond motifs is 7. The summed E-state index contributed by atoms with van der Waals surface area (Å²) in [6, 6.07) is 0. The molecule has 1 N–H and O–H groups in total. The molecule has 0 radical (unpaired) electrons. The first-order valence-electron chi connectivity index (χ1n) is 13.9. The molecule has 0 bridgehead atoms. The van der Waals surface area contributed by atoms with Crippen molar-refractivity contribution in [2.24, 2.45) is 39.4 Å². The van der Waals surface area contributed by atoms with Gasteiger partial charge in [-0.1, -0.05) is 33.8 Å². The number of nitrogens with zero attached hydrogens (tertiary/aromatic N) is 2. The van der Waals surface area contributed by atoms with Gasteiger partial charge in [-0.15, -0.1) is 0 Å². The molecule has 1 amide bonds. The Kier molecular flexibility index (Phi) is 5.98. The van der Waals surface area contributed by atoms with Crippen LogP contribution in [0.15, 0.2) is 23.8 Å². The molecule has 1 saturated heterocycles. The van der Waals surface area contributed by atoms with E-state index in [0.29, 0.717) is 13.0 Å². The highest BCUT2D eigenvalue weighted by Crippen LogP contribution is 2.74. The molecule has 9 atom stereocenters. The maximum absolute atomic E-state index is 17.5. The number of carbonyl (C=O) groups is 2. The van der Waals surface area contributed by atoms with Gasteiger partial charge in [0.2, 0.25) is 5.91 Å². The van der Waals surface area contributed by atoms with E-state index in [2.05, 4.69) is 32.6 Å². The van der Waals surface area contributed by atoms with E-state index in [1.807, 2.05) is 0 Å². The van der Waals surface area contributed by atoms with Gasteiger partial charge in [0.25, 0.3) is 0 Å². The number of ketones is 1. The maximum atomic E-state index is 17.5. The van der Waals surface area contributed by atoms with Gasteiger partial charge in [0, 0.05) is 38.5 Å². The molecule has 4 fully saturated rings. The van der Waals surface area contributed by atoms with Crippen molar-refractivity contribution >= 4 is 11.7 Å². The Morgan fingerprint density at radius 2 is 1.89 bits per heavy atom. The van der Waals surface area contributed by atoms with Crippen LogP contribution in [0.1, 0.15) is 60.3 Å². The van der Waals surface area contributed by atoms with Crippen LogP contribution in [-0.2, 0) is 9.59 Å². The number of aliphatic hydroxyl groups is 1. The number of rotatable bonds is 3. The molecule has 206 valence electrons. The maximum Gasteiger partial charge on any atom is 0.230 e. The van der Waals surface area contributed by atoms with E-state index < -0.39 is 40.1 Å². The van der Waals surface area contributed by atoms with E-state index >= 15 is 8.78 Å². The highest BCUT2D eigenvalue weighted by molar-refractivity contribution is 6.01. The molecule has 37 heavy (non-hydrogen) atoms. The Labute approximate surface area is 220 Å². The third-order valence-corrected chi connectivity index (χ3v) is 11.2. The lowest BCUT2D eigenvalue weighted by atomic mass is 9.43. The van der Waals surface area contributed by atoms with Crippen LogP contribution in [0.2, 0.25) is 0 Å². The zero-order chi connectivity index (χ0) is 27.3. The van der Waals surface area contributed by atoms with Crippen LogP contribution in [0, 0.1) is 39.4 Å². The quantitative estimate of drug-likeness (QED) is 0.603. The van der Waals surface area contributed by atoms with Crippen LogP contribution in [0.3, 0.4) is 0 Å². The van der Waals surface area contributed by atoms with Gasteiger partial charge < -0.3 is 14.9 Å². The van der Waals surface area contributed by atoms with Crippen molar-refractivity contribution in [3.05, 3.63) is 23.8 Å². The largest absolute Gasteiger partial charge is 0.390 e. The van der Waals surface area contributed by atoms with E-state index in [-0.39, 0.29) is 47.4 Å². The molecule has 4 aliphatic carbocycles. The summed E-state index contributed by atoms with van der Waals surface area (Å²) in [4.78, 5) is 30.2. The average molecular weight is 519 g/mol. The molecule has 3 saturated carbocycles. The normalized spacial score (nSPS) is 47.1. The fraction of sp³-hybridized carbons (Fsp3) is 0.800. The van der Waals surface area contributed by atoms with E-state index in [0.717, 1.165) is 19.5 Å². The zero-order valence-electron chi connectivity index (χ0n) is 23.5. The molecule has 0 spiro atoms. The van der Waals surface area contributed by atoms with Crippen molar-refractivity contribution in [1.82, 2.24) is 9.80 Å². The second-order valence-electron chi connectivity index (χ2n) is 14.5. The van der Waals surface area contributed by atoms with E-state index in [1.165, 1.54) is 18.2 Å². The van der Waals surface area contributed by atoms with Gasteiger partial charge in [-0.25, -0.2) is 8.78 Å². The third-order valence-electron chi connectivity index (χ3n) is 11.2. The minimum Gasteiger partial charge on any atom is -0.390 e. The zero-order valence-corrected chi connectivity index (χ0v) is 23.5. The van der Waals surface area contributed by atoms with E-state index in [1.54, 1.807) is 25.9 Å². The van der Waals surface area contributed by atoms with Crippen LogP contribution >= 0.6 is 0 Å². The van der Waals surface area contributed by atoms with Gasteiger partial charge in [0.15, 0.2) is 11.5 Å². The molecule has 1 heterocycles. The fourth-order valence-corrected chi connectivity index (χ4v) is 9.29. The number of hydrogen-bond acceptors (Lipinski definition) is 4. The summed E-state index contributed by atoms with van der Waals surface area (Å²) in [6.07, 6.45) is 2.95. The lowest BCUT2D eigenvalue weighted by molar-refractivity contribution is -0.213. The molecule has 0 unspecified atom stereocenters. The van der Waals surface area contributed by atoms with Crippen molar-refractivity contribution in [2.45, 2.75) is 78.2 Å². The smallest absolute Gasteiger partial charge is 0.230 e. The summed E-state index contributed by atoms with van der Waals surface area (Å²) in [5.41, 5.74) is -4.59. The molecule has 0 aromatic carbocycles. The van der Waals surface area contributed by atoms with Crippen molar-refractivity contribution < 1.29 is 23.5 Å². The summed E-state index contributed by atoms with van der Waals surface area (Å²) < 4.78 is 33.3. The predicted molar refractivity (Wildman–Crippen MR) is 139 cm³/mol. The minimum absolute atomic E-state index is 0.0261. The lowest BCUT2D eigenvalue weighted by Crippen LogP contribution is -2.70. The highest BCUT2D eigenvalue weighted by Gasteiger charge is 2.78. The summed E-state index contributed by atoms with van der Waals surface area (Å²) in [5.74, 6) is -1.24. The summed E-state index contributed by atoms with van der Waals surface area (Å²) >= 11 is 0. The van der Waals surface area contributed by atoms with Crippen LogP contribution in [0.5, 0.6) is 0 Å². The first kappa shape index (κ1) is 27.0. The van der Waals surface area contributed by atoms with Gasteiger partial charge in [0.05, 0.1) is 11.5 Å². The van der Waals surface area contributed by atoms with Gasteiger partial charge in [-0.3, -0.25) is 9.59 Å². The summed E-state index contributed by atoms with van der Waals surface area (Å²) in [7, 11) is 3.56. The number of carbonyl (C=O) groups excluding carboxylic acids is 2. The van der Waals surface area contributed by atoms with Crippen molar-refractivity contribution in [1.29, 1.82) is 0 Å². The second-order valence-corrected chi connectivity index (χ2v) is 14.5. The number of amides is 1. The molecule has 0 aromatic heterocycles. The monoisotopic (exact) mass is 518 g/mol. The Morgan fingerprint density at radius 1 is 1.22 bits per heavy atom. The Morgan fingerprint density at radius 3 is 2.51 bits per heavy atom. The molecule has 5 aliphatic rings. The van der Waals surface area contributed by atoms with Gasteiger partial charge in [-0.2, -0.15) is 0 Å².